The topological polar surface area (TPSA) is 6.48 Å². The van der Waals surface area contributed by atoms with E-state index in [1.165, 1.54) is 27.4 Å². The van der Waals surface area contributed by atoms with E-state index in [1.807, 2.05) is 0 Å². The van der Waals surface area contributed by atoms with E-state index in [9.17, 15) is 0 Å². The number of anilines is 1. The third kappa shape index (κ3) is 4.86. The Labute approximate surface area is 189 Å². The number of para-hydroxylation sites is 1. The van der Waals surface area contributed by atoms with Crippen LogP contribution in [0.25, 0.3) is 0 Å². The van der Waals surface area contributed by atoms with Gasteiger partial charge in [-0.3, -0.25) is 0 Å². The maximum Gasteiger partial charge on any atom is 0.0945 e. The lowest BCUT2D eigenvalue weighted by atomic mass is 9.92. The molecule has 3 aromatic rings. The first-order valence-electron chi connectivity index (χ1n) is 11.2. The first kappa shape index (κ1) is 21.7. The van der Waals surface area contributed by atoms with Crippen LogP contribution < -0.4 is 15.5 Å². The molecule has 1 aliphatic rings. The lowest BCUT2D eigenvalue weighted by Gasteiger charge is -2.30. The Bertz CT molecular complexity index is 946. The second-order valence-corrected chi connectivity index (χ2v) is 11.0. The maximum atomic E-state index is 2.48. The van der Waals surface area contributed by atoms with Gasteiger partial charge in [0.05, 0.1) is 6.67 Å². The molecule has 160 valence electrons. The molecule has 0 bridgehead atoms. The summed E-state index contributed by atoms with van der Waals surface area (Å²) in [7, 11) is -0.442. The number of benzene rings is 3. The lowest BCUT2D eigenvalue weighted by molar-refractivity contribution is 0.474. The lowest BCUT2D eigenvalue weighted by Crippen LogP contribution is -2.29. The molecular weight excluding hydrogens is 395 g/mol. The molecule has 1 heterocycles. The van der Waals surface area contributed by atoms with Crippen LogP contribution in [0, 0.1) is 0 Å². The van der Waals surface area contributed by atoms with Gasteiger partial charge in [-0.25, -0.2) is 0 Å². The van der Waals surface area contributed by atoms with Crippen LogP contribution in [0.5, 0.6) is 0 Å². The minimum Gasteiger partial charge on any atom is -0.353 e. The van der Waals surface area contributed by atoms with E-state index >= 15 is 0 Å². The number of hydrogen-bond acceptors (Lipinski definition) is 2. The summed E-state index contributed by atoms with van der Waals surface area (Å²) in [5.41, 5.74) is 4.27. The molecule has 0 radical (unpaired) electrons. The van der Waals surface area contributed by atoms with Crippen LogP contribution in [-0.4, -0.2) is 17.9 Å². The summed E-state index contributed by atoms with van der Waals surface area (Å²) in [6.45, 7) is 10.1. The monoisotopic (exact) mass is 428 g/mol. The maximum absolute atomic E-state index is 2.48. The molecule has 0 saturated carbocycles. The van der Waals surface area contributed by atoms with Crippen molar-refractivity contribution >= 4 is 24.2 Å². The Kier molecular flexibility index (Phi) is 6.78. The van der Waals surface area contributed by atoms with E-state index in [-0.39, 0.29) is 0 Å². The van der Waals surface area contributed by atoms with Crippen LogP contribution >= 0.6 is 7.92 Å². The zero-order valence-corrected chi connectivity index (χ0v) is 20.0. The van der Waals surface area contributed by atoms with Crippen LogP contribution in [0.2, 0.25) is 0 Å². The van der Waals surface area contributed by atoms with Gasteiger partial charge in [-0.05, 0) is 41.5 Å². The standard InChI is InChI=1S/C28H33N2P/c1-22(2)26-16-11-17-27(23(3)4)28(26)30-19-18-29(20-30)21-31(24-12-7-5-8-13-24)25-14-9-6-10-15-25/h5-19,22-23H,20-21H2,1-4H3. The molecule has 0 saturated heterocycles. The molecule has 0 aromatic heterocycles. The summed E-state index contributed by atoms with van der Waals surface area (Å²) in [4.78, 5) is 4.93. The Morgan fingerprint density at radius 3 is 1.68 bits per heavy atom. The molecule has 0 unspecified atom stereocenters. The van der Waals surface area contributed by atoms with Crippen molar-refractivity contribution in [2.45, 2.75) is 39.5 Å². The average molecular weight is 429 g/mol. The molecule has 0 fully saturated rings. The van der Waals surface area contributed by atoms with Gasteiger partial charge >= 0.3 is 0 Å². The van der Waals surface area contributed by atoms with Gasteiger partial charge in [0.1, 0.15) is 0 Å². The largest absolute Gasteiger partial charge is 0.353 e. The fraction of sp³-hybridized carbons (Fsp3) is 0.286. The SMILES string of the molecule is CC(C)c1cccc(C(C)C)c1N1C=CN(CP(c2ccccc2)c2ccccc2)C1. The smallest absolute Gasteiger partial charge is 0.0945 e. The fourth-order valence-corrected chi connectivity index (χ4v) is 6.49. The van der Waals surface area contributed by atoms with Crippen LogP contribution in [0.3, 0.4) is 0 Å². The first-order valence-corrected chi connectivity index (χ1v) is 12.8. The molecule has 2 nitrogen and oxygen atoms in total. The van der Waals surface area contributed by atoms with Crippen molar-refractivity contribution in [1.29, 1.82) is 0 Å². The normalized spacial score (nSPS) is 13.8. The molecule has 0 N–H and O–H groups in total. The first-order chi connectivity index (χ1) is 15.0. The van der Waals surface area contributed by atoms with Crippen LogP contribution in [-0.2, 0) is 0 Å². The van der Waals surface area contributed by atoms with Crippen LogP contribution in [0.1, 0.15) is 50.7 Å². The summed E-state index contributed by atoms with van der Waals surface area (Å²) >= 11 is 0. The van der Waals surface area contributed by atoms with E-state index in [0.29, 0.717) is 11.8 Å². The van der Waals surface area contributed by atoms with Crippen molar-refractivity contribution in [1.82, 2.24) is 4.90 Å². The fourth-order valence-electron chi connectivity index (χ4n) is 4.26. The highest BCUT2D eigenvalue weighted by atomic mass is 31.1. The Balaban J connectivity index is 1.60. The minimum atomic E-state index is -0.442. The highest BCUT2D eigenvalue weighted by molar-refractivity contribution is 7.72. The highest BCUT2D eigenvalue weighted by Crippen LogP contribution is 2.39. The van der Waals surface area contributed by atoms with Gasteiger partial charge in [0.15, 0.2) is 0 Å². The summed E-state index contributed by atoms with van der Waals surface area (Å²) in [5.74, 6) is 1.00. The number of rotatable bonds is 7. The van der Waals surface area contributed by atoms with Crippen molar-refractivity contribution in [3.05, 3.63) is 102 Å². The second kappa shape index (κ2) is 9.71. The molecule has 3 aromatic carbocycles. The molecule has 0 atom stereocenters. The van der Waals surface area contributed by atoms with Gasteiger partial charge in [0.2, 0.25) is 0 Å². The predicted molar refractivity (Wildman–Crippen MR) is 137 cm³/mol. The van der Waals surface area contributed by atoms with Gasteiger partial charge in [-0.2, -0.15) is 0 Å². The number of hydrogen-bond donors (Lipinski definition) is 0. The molecule has 1 aliphatic heterocycles. The molecule has 31 heavy (non-hydrogen) atoms. The van der Waals surface area contributed by atoms with Crippen molar-refractivity contribution < 1.29 is 0 Å². The van der Waals surface area contributed by atoms with Gasteiger partial charge < -0.3 is 9.80 Å². The van der Waals surface area contributed by atoms with Gasteiger partial charge in [-0.15, -0.1) is 0 Å². The summed E-state index contributed by atoms with van der Waals surface area (Å²) in [5, 5.41) is 2.86. The molecule has 4 rings (SSSR count). The van der Waals surface area contributed by atoms with E-state index in [1.54, 1.807) is 0 Å². The minimum absolute atomic E-state index is 0.442. The van der Waals surface area contributed by atoms with Gasteiger partial charge in [-0.1, -0.05) is 107 Å². The quantitative estimate of drug-likeness (QED) is 0.393. The zero-order valence-electron chi connectivity index (χ0n) is 19.1. The Morgan fingerprint density at radius 1 is 0.677 bits per heavy atom. The summed E-state index contributed by atoms with van der Waals surface area (Å²) < 4.78 is 0. The molecular formula is C28H33N2P. The zero-order chi connectivity index (χ0) is 21.8. The summed E-state index contributed by atoms with van der Waals surface area (Å²) in [6, 6.07) is 28.8. The second-order valence-electron chi connectivity index (χ2n) is 8.83. The van der Waals surface area contributed by atoms with E-state index in [0.717, 1.165) is 13.0 Å². The van der Waals surface area contributed by atoms with E-state index in [4.69, 9.17) is 0 Å². The third-order valence-electron chi connectivity index (χ3n) is 5.88. The van der Waals surface area contributed by atoms with Crippen LogP contribution in [0.15, 0.2) is 91.3 Å². The Morgan fingerprint density at radius 2 is 1.19 bits per heavy atom. The molecule has 0 aliphatic carbocycles. The van der Waals surface area contributed by atoms with Crippen molar-refractivity contribution in [3.8, 4) is 0 Å². The van der Waals surface area contributed by atoms with Crippen LogP contribution in [0.4, 0.5) is 5.69 Å². The van der Waals surface area contributed by atoms with Gasteiger partial charge in [0, 0.05) is 24.4 Å². The molecule has 0 spiro atoms. The Hall–Kier alpha value is -2.57. The van der Waals surface area contributed by atoms with E-state index < -0.39 is 7.92 Å². The number of nitrogens with zero attached hydrogens (tertiary/aromatic N) is 2. The highest BCUT2D eigenvalue weighted by Gasteiger charge is 2.24. The average Bonchev–Trinajstić information content (AvgIpc) is 3.26. The third-order valence-corrected chi connectivity index (χ3v) is 8.37. The van der Waals surface area contributed by atoms with Crippen molar-refractivity contribution in [2.75, 3.05) is 17.9 Å². The summed E-state index contributed by atoms with van der Waals surface area (Å²) in [6.07, 6.45) is 5.58. The van der Waals surface area contributed by atoms with Gasteiger partial charge in [0.25, 0.3) is 0 Å². The van der Waals surface area contributed by atoms with E-state index in [2.05, 4.69) is 129 Å². The van der Waals surface area contributed by atoms with Crippen molar-refractivity contribution in [2.24, 2.45) is 0 Å². The molecule has 3 heteroatoms. The van der Waals surface area contributed by atoms with Crippen molar-refractivity contribution in [3.63, 3.8) is 0 Å². The predicted octanol–water partition coefficient (Wildman–Crippen LogP) is 6.57. The molecule has 0 amide bonds.